The van der Waals surface area contributed by atoms with Crippen LogP contribution >= 0.6 is 11.8 Å². The van der Waals surface area contributed by atoms with E-state index in [1.165, 1.54) is 37.0 Å². The first-order valence-corrected chi connectivity index (χ1v) is 9.12. The molecule has 0 spiro atoms. The summed E-state index contributed by atoms with van der Waals surface area (Å²) >= 11 is 1.94. The molecule has 0 heterocycles. The zero-order chi connectivity index (χ0) is 14.6. The number of thioether (sulfide) groups is 1. The summed E-state index contributed by atoms with van der Waals surface area (Å²) in [5.74, 6) is 1.65. The molecule has 0 radical (unpaired) electrons. The number of phenols is 1. The zero-order valence-corrected chi connectivity index (χ0v) is 13.7. The van der Waals surface area contributed by atoms with Gasteiger partial charge in [0.15, 0.2) is 0 Å². The average molecular weight is 295 g/mol. The maximum absolute atomic E-state index is 9.24. The molecule has 0 aliphatic carbocycles. The van der Waals surface area contributed by atoms with Crippen LogP contribution in [0.4, 0.5) is 0 Å². The molecule has 0 aromatic heterocycles. The zero-order valence-electron chi connectivity index (χ0n) is 12.9. The van der Waals surface area contributed by atoms with Gasteiger partial charge in [0.1, 0.15) is 5.75 Å². The van der Waals surface area contributed by atoms with E-state index >= 15 is 0 Å². The first kappa shape index (κ1) is 17.4. The predicted octanol–water partition coefficient (Wildman–Crippen LogP) is 4.23. The number of phenolic OH excluding ortho intramolecular Hbond substituents is 1. The van der Waals surface area contributed by atoms with Gasteiger partial charge in [-0.1, -0.05) is 25.0 Å². The number of aryl methyl sites for hydroxylation is 1. The van der Waals surface area contributed by atoms with Crippen LogP contribution in [0, 0.1) is 0 Å². The van der Waals surface area contributed by atoms with Gasteiger partial charge in [0.2, 0.25) is 0 Å². The molecule has 20 heavy (non-hydrogen) atoms. The van der Waals surface area contributed by atoms with Gasteiger partial charge in [-0.15, -0.1) is 0 Å². The summed E-state index contributed by atoms with van der Waals surface area (Å²) in [5, 5.41) is 12.8. The second kappa shape index (κ2) is 11.0. The van der Waals surface area contributed by atoms with Gasteiger partial charge in [-0.2, -0.15) is 11.8 Å². The minimum atomic E-state index is 0.349. The molecule has 0 saturated carbocycles. The molecule has 0 aliphatic heterocycles. The van der Waals surface area contributed by atoms with Crippen molar-refractivity contribution in [2.75, 3.05) is 18.6 Å². The van der Waals surface area contributed by atoms with E-state index in [0.717, 1.165) is 19.4 Å². The number of benzene rings is 1. The van der Waals surface area contributed by atoms with E-state index in [0.29, 0.717) is 11.8 Å². The highest BCUT2D eigenvalue weighted by Crippen LogP contribution is 2.12. The monoisotopic (exact) mass is 295 g/mol. The minimum Gasteiger partial charge on any atom is -0.508 e. The minimum absolute atomic E-state index is 0.349. The number of rotatable bonds is 11. The third kappa shape index (κ3) is 8.49. The second-order valence-electron chi connectivity index (χ2n) is 5.47. The fourth-order valence-electron chi connectivity index (χ4n) is 2.22. The van der Waals surface area contributed by atoms with Crippen LogP contribution in [-0.2, 0) is 6.42 Å². The van der Waals surface area contributed by atoms with Crippen LogP contribution < -0.4 is 5.32 Å². The molecule has 2 nitrogen and oxygen atoms in total. The first-order chi connectivity index (χ1) is 9.72. The Kier molecular flexibility index (Phi) is 9.60. The molecule has 0 fully saturated rings. The van der Waals surface area contributed by atoms with Crippen molar-refractivity contribution in [3.05, 3.63) is 29.8 Å². The first-order valence-electron chi connectivity index (χ1n) is 7.72. The van der Waals surface area contributed by atoms with E-state index in [9.17, 15) is 5.11 Å². The molecule has 0 bridgehead atoms. The van der Waals surface area contributed by atoms with Crippen molar-refractivity contribution in [1.29, 1.82) is 0 Å². The second-order valence-corrected chi connectivity index (χ2v) is 6.45. The highest BCUT2D eigenvalue weighted by atomic mass is 32.2. The molecule has 2 N–H and O–H groups in total. The summed E-state index contributed by atoms with van der Waals surface area (Å²) in [7, 11) is 0. The summed E-state index contributed by atoms with van der Waals surface area (Å²) in [6.45, 7) is 3.39. The molecule has 0 aliphatic rings. The maximum Gasteiger partial charge on any atom is 0.115 e. The normalized spacial score (nSPS) is 12.5. The largest absolute Gasteiger partial charge is 0.508 e. The SMILES string of the molecule is CSCCCCCCNC(C)CCc1ccc(O)cc1. The fourth-order valence-corrected chi connectivity index (χ4v) is 2.71. The Morgan fingerprint density at radius 3 is 2.50 bits per heavy atom. The Morgan fingerprint density at radius 1 is 1.10 bits per heavy atom. The number of nitrogens with one attached hydrogen (secondary N) is 1. The Labute approximate surface area is 128 Å². The van der Waals surface area contributed by atoms with Crippen molar-refractivity contribution in [3.8, 4) is 5.75 Å². The Balaban J connectivity index is 2.00. The van der Waals surface area contributed by atoms with Gasteiger partial charge in [0, 0.05) is 6.04 Å². The maximum atomic E-state index is 9.24. The molecular weight excluding hydrogens is 266 g/mol. The highest BCUT2D eigenvalue weighted by Gasteiger charge is 2.02. The lowest BCUT2D eigenvalue weighted by Gasteiger charge is -2.13. The Hall–Kier alpha value is -0.670. The van der Waals surface area contributed by atoms with Crippen molar-refractivity contribution < 1.29 is 5.11 Å². The molecule has 1 unspecified atom stereocenters. The number of aromatic hydroxyl groups is 1. The van der Waals surface area contributed by atoms with Gasteiger partial charge < -0.3 is 10.4 Å². The third-order valence-electron chi connectivity index (χ3n) is 3.57. The number of hydrogen-bond donors (Lipinski definition) is 2. The fraction of sp³-hybridized carbons (Fsp3) is 0.647. The number of hydrogen-bond acceptors (Lipinski definition) is 3. The van der Waals surface area contributed by atoms with Crippen LogP contribution in [-0.4, -0.2) is 29.7 Å². The molecule has 1 aromatic rings. The van der Waals surface area contributed by atoms with Crippen LogP contribution in [0.15, 0.2) is 24.3 Å². The van der Waals surface area contributed by atoms with Gasteiger partial charge in [0.05, 0.1) is 0 Å². The van der Waals surface area contributed by atoms with Gasteiger partial charge in [-0.3, -0.25) is 0 Å². The number of unbranched alkanes of at least 4 members (excludes halogenated alkanes) is 3. The van der Waals surface area contributed by atoms with Crippen molar-refractivity contribution in [2.24, 2.45) is 0 Å². The molecular formula is C17H29NOS. The van der Waals surface area contributed by atoms with Crippen LogP contribution in [0.5, 0.6) is 5.75 Å². The van der Waals surface area contributed by atoms with E-state index in [1.807, 2.05) is 23.9 Å². The molecule has 3 heteroatoms. The smallest absolute Gasteiger partial charge is 0.115 e. The molecule has 1 aromatic carbocycles. The van der Waals surface area contributed by atoms with Crippen molar-refractivity contribution in [3.63, 3.8) is 0 Å². The van der Waals surface area contributed by atoms with E-state index in [2.05, 4.69) is 18.5 Å². The molecule has 0 saturated heterocycles. The summed E-state index contributed by atoms with van der Waals surface area (Å²) in [4.78, 5) is 0. The van der Waals surface area contributed by atoms with Gasteiger partial charge in [0.25, 0.3) is 0 Å². The van der Waals surface area contributed by atoms with E-state index < -0.39 is 0 Å². The predicted molar refractivity (Wildman–Crippen MR) is 90.7 cm³/mol. The van der Waals surface area contributed by atoms with Crippen LogP contribution in [0.25, 0.3) is 0 Å². The topological polar surface area (TPSA) is 32.3 Å². The molecule has 1 rings (SSSR count). The summed E-state index contributed by atoms with van der Waals surface area (Å²) in [6, 6.07) is 8.11. The van der Waals surface area contributed by atoms with Gasteiger partial charge in [-0.05, 0) is 68.9 Å². The lowest BCUT2D eigenvalue weighted by molar-refractivity contribution is 0.474. The summed E-state index contributed by atoms with van der Waals surface area (Å²) in [5.41, 5.74) is 1.30. The van der Waals surface area contributed by atoms with E-state index in [1.54, 1.807) is 12.1 Å². The quantitative estimate of drug-likeness (QED) is 0.599. The Bertz CT molecular complexity index is 339. The van der Waals surface area contributed by atoms with Crippen molar-refractivity contribution in [1.82, 2.24) is 5.32 Å². The van der Waals surface area contributed by atoms with E-state index in [-0.39, 0.29) is 0 Å². The lowest BCUT2D eigenvalue weighted by Crippen LogP contribution is -2.27. The molecule has 0 amide bonds. The van der Waals surface area contributed by atoms with Crippen LogP contribution in [0.3, 0.4) is 0 Å². The lowest BCUT2D eigenvalue weighted by atomic mass is 10.1. The van der Waals surface area contributed by atoms with Crippen molar-refractivity contribution >= 4 is 11.8 Å². The van der Waals surface area contributed by atoms with E-state index in [4.69, 9.17) is 0 Å². The summed E-state index contributed by atoms with van der Waals surface area (Å²) < 4.78 is 0. The van der Waals surface area contributed by atoms with Crippen molar-refractivity contribution in [2.45, 2.75) is 51.5 Å². The highest BCUT2D eigenvalue weighted by molar-refractivity contribution is 7.98. The molecule has 114 valence electrons. The molecule has 1 atom stereocenters. The van der Waals surface area contributed by atoms with Gasteiger partial charge >= 0.3 is 0 Å². The average Bonchev–Trinajstić information content (AvgIpc) is 2.46. The standard InChI is InChI=1S/C17H29NOS/c1-15(18-13-5-3-4-6-14-20-2)7-8-16-9-11-17(19)12-10-16/h9-12,15,18-19H,3-8,13-14H2,1-2H3. The third-order valence-corrected chi connectivity index (χ3v) is 4.27. The Morgan fingerprint density at radius 2 is 1.80 bits per heavy atom. The van der Waals surface area contributed by atoms with Crippen LogP contribution in [0.2, 0.25) is 0 Å². The van der Waals surface area contributed by atoms with Crippen LogP contribution in [0.1, 0.15) is 44.6 Å². The summed E-state index contributed by atoms with van der Waals surface area (Å²) in [6.07, 6.45) is 9.76. The van der Waals surface area contributed by atoms with Gasteiger partial charge in [-0.25, -0.2) is 0 Å².